The Bertz CT molecular complexity index is 784. The topological polar surface area (TPSA) is 20.3 Å². The Morgan fingerprint density at radius 3 is 1.92 bits per heavy atom. The first kappa shape index (κ1) is 17.0. The number of hydrogen-bond acceptors (Lipinski definition) is 2. The summed E-state index contributed by atoms with van der Waals surface area (Å²) in [6.07, 6.45) is 0.980. The number of benzene rings is 2. The largest absolute Gasteiger partial charge is 0.378 e. The number of fused-ring (bicyclic) bond motifs is 3. The van der Waals surface area contributed by atoms with E-state index >= 15 is 0 Å². The quantitative estimate of drug-likeness (QED) is 0.622. The van der Waals surface area contributed by atoms with Crippen molar-refractivity contribution in [3.05, 3.63) is 42.0 Å². The van der Waals surface area contributed by atoms with E-state index in [1.165, 1.54) is 27.2 Å². The lowest BCUT2D eigenvalue weighted by Gasteiger charge is -2.38. The van der Waals surface area contributed by atoms with E-state index in [1.807, 2.05) is 6.07 Å². The molecule has 126 valence electrons. The van der Waals surface area contributed by atoms with Gasteiger partial charge in [-0.3, -0.25) is 4.79 Å². The number of hydrogen-bond donors (Lipinski definition) is 0. The summed E-state index contributed by atoms with van der Waals surface area (Å²) in [5, 5.41) is 2.99. The van der Waals surface area contributed by atoms with Crippen LogP contribution in [0.5, 0.6) is 0 Å². The molecule has 0 bridgehead atoms. The van der Waals surface area contributed by atoms with E-state index in [4.69, 9.17) is 0 Å². The number of carbonyl (C=O) groups excluding carboxylic acids is 1. The highest BCUT2D eigenvalue weighted by Crippen LogP contribution is 2.41. The molecule has 0 amide bonds. The lowest BCUT2D eigenvalue weighted by Crippen LogP contribution is -2.60. The van der Waals surface area contributed by atoms with Crippen LogP contribution >= 0.6 is 0 Å². The molecule has 0 N–H and O–H groups in total. The highest BCUT2D eigenvalue weighted by Gasteiger charge is 2.50. The Balaban J connectivity index is 2.40. The predicted octanol–water partition coefficient (Wildman–Crippen LogP) is 3.93. The van der Waals surface area contributed by atoms with Crippen molar-refractivity contribution in [3.8, 4) is 11.1 Å². The van der Waals surface area contributed by atoms with Crippen LogP contribution in [0.25, 0.3) is 11.1 Å². The summed E-state index contributed by atoms with van der Waals surface area (Å²) in [5.74, 6) is 0. The molecule has 0 aliphatic carbocycles. The van der Waals surface area contributed by atoms with Crippen LogP contribution in [-0.2, 0) is 0 Å². The van der Waals surface area contributed by atoms with E-state index in [0.29, 0.717) is 11.1 Å². The Labute approximate surface area is 146 Å². The summed E-state index contributed by atoms with van der Waals surface area (Å²) < 4.78 is 0. The molecule has 1 heterocycles. The van der Waals surface area contributed by atoms with Gasteiger partial charge in [0.15, 0.2) is 0 Å². The van der Waals surface area contributed by atoms with Crippen molar-refractivity contribution in [2.24, 2.45) is 0 Å². The smallest absolute Gasteiger partial charge is 0.150 e. The van der Waals surface area contributed by atoms with Crippen molar-refractivity contribution in [1.29, 1.82) is 0 Å². The van der Waals surface area contributed by atoms with Gasteiger partial charge in [0, 0.05) is 25.3 Å². The summed E-state index contributed by atoms with van der Waals surface area (Å²) in [4.78, 5) is 13.6. The highest BCUT2D eigenvalue weighted by atomic mass is 28.3. The number of rotatable bonds is 4. The molecule has 0 spiro atoms. The van der Waals surface area contributed by atoms with Gasteiger partial charge in [0.1, 0.15) is 14.4 Å². The zero-order valence-electron chi connectivity index (χ0n) is 15.6. The van der Waals surface area contributed by atoms with Gasteiger partial charge in [-0.1, -0.05) is 52.0 Å². The van der Waals surface area contributed by atoms with Gasteiger partial charge in [0.2, 0.25) is 0 Å². The molecule has 1 aliphatic heterocycles. The molecule has 0 atom stereocenters. The molecular weight excluding hydrogens is 310 g/mol. The number of anilines is 1. The fraction of sp³-hybridized carbons (Fsp3) is 0.381. The van der Waals surface area contributed by atoms with Crippen LogP contribution < -0.4 is 15.3 Å². The predicted molar refractivity (Wildman–Crippen MR) is 107 cm³/mol. The maximum absolute atomic E-state index is 11.4. The average molecular weight is 338 g/mol. The van der Waals surface area contributed by atoms with Gasteiger partial charge in [-0.15, -0.1) is 0 Å². The minimum absolute atomic E-state index is 0.580. The molecule has 0 fully saturated rings. The number of aldehydes is 1. The zero-order valence-corrected chi connectivity index (χ0v) is 16.6. The van der Waals surface area contributed by atoms with Crippen molar-refractivity contribution < 1.29 is 4.79 Å². The normalized spacial score (nSPS) is 14.7. The molecule has 2 aromatic rings. The Morgan fingerprint density at radius 2 is 1.42 bits per heavy atom. The molecule has 3 heteroatoms. The molecular formula is C21H27NOSi. The molecule has 0 radical (unpaired) electrons. The van der Waals surface area contributed by atoms with Gasteiger partial charge >= 0.3 is 0 Å². The van der Waals surface area contributed by atoms with Crippen LogP contribution in [0.3, 0.4) is 0 Å². The molecule has 1 aliphatic rings. The second-order valence-corrected chi connectivity index (χ2v) is 12.9. The van der Waals surface area contributed by atoms with Crippen LogP contribution in [0.15, 0.2) is 36.4 Å². The van der Waals surface area contributed by atoms with Crippen molar-refractivity contribution in [3.63, 3.8) is 0 Å². The van der Waals surface area contributed by atoms with Crippen molar-refractivity contribution in [2.45, 2.75) is 38.8 Å². The van der Waals surface area contributed by atoms with Gasteiger partial charge in [-0.05, 0) is 44.7 Å². The second kappa shape index (κ2) is 5.89. The number of nitrogens with zero attached hydrogens (tertiary/aromatic N) is 1. The monoisotopic (exact) mass is 337 g/mol. The molecule has 0 unspecified atom stereocenters. The third kappa shape index (κ3) is 2.18. The second-order valence-electron chi connectivity index (χ2n) is 7.73. The van der Waals surface area contributed by atoms with Crippen molar-refractivity contribution in [1.82, 2.24) is 0 Å². The third-order valence-electron chi connectivity index (χ3n) is 5.70. The first-order chi connectivity index (χ1) is 11.3. The lowest BCUT2D eigenvalue weighted by atomic mass is 10.0. The minimum atomic E-state index is -1.94. The molecule has 24 heavy (non-hydrogen) atoms. The van der Waals surface area contributed by atoms with E-state index in [1.54, 1.807) is 0 Å². The summed E-state index contributed by atoms with van der Waals surface area (Å²) >= 11 is 0. The first-order valence-corrected chi connectivity index (χ1v) is 10.9. The lowest BCUT2D eigenvalue weighted by molar-refractivity contribution is 0.112. The molecule has 2 nitrogen and oxygen atoms in total. The fourth-order valence-electron chi connectivity index (χ4n) is 4.66. The van der Waals surface area contributed by atoms with E-state index in [9.17, 15) is 4.79 Å². The maximum Gasteiger partial charge on any atom is 0.150 e. The zero-order chi connectivity index (χ0) is 17.6. The summed E-state index contributed by atoms with van der Waals surface area (Å²) in [7, 11) is 2.26. The molecule has 3 rings (SSSR count). The van der Waals surface area contributed by atoms with Crippen molar-refractivity contribution >= 4 is 30.4 Å². The SMILES string of the molecule is CC(C)[Si]1(C(C)C)c2cc(C=O)ccc2-c2ccc(N(C)C)cc21. The number of carbonyl (C=O) groups is 1. The van der Waals surface area contributed by atoms with Gasteiger partial charge in [0.05, 0.1) is 0 Å². The van der Waals surface area contributed by atoms with E-state index in [0.717, 1.165) is 11.8 Å². The summed E-state index contributed by atoms with van der Waals surface area (Å²) in [5.41, 5.74) is 5.94. The molecule has 0 aromatic heterocycles. The van der Waals surface area contributed by atoms with Crippen molar-refractivity contribution in [2.75, 3.05) is 19.0 Å². The fourth-order valence-corrected chi connectivity index (χ4v) is 10.9. The summed E-state index contributed by atoms with van der Waals surface area (Å²) in [6, 6.07) is 13.2. The maximum atomic E-state index is 11.4. The Kier molecular flexibility index (Phi) is 4.16. The van der Waals surface area contributed by atoms with Gasteiger partial charge in [-0.25, -0.2) is 0 Å². The Morgan fingerprint density at radius 1 is 0.875 bits per heavy atom. The minimum Gasteiger partial charge on any atom is -0.378 e. The highest BCUT2D eigenvalue weighted by molar-refractivity contribution is 7.07. The van der Waals surface area contributed by atoms with Crippen LogP contribution in [0.1, 0.15) is 38.1 Å². The van der Waals surface area contributed by atoms with Gasteiger partial charge in [-0.2, -0.15) is 0 Å². The van der Waals surface area contributed by atoms with Crippen LogP contribution in [0, 0.1) is 0 Å². The average Bonchev–Trinajstić information content (AvgIpc) is 2.84. The Hall–Kier alpha value is -1.87. The van der Waals surface area contributed by atoms with E-state index < -0.39 is 8.07 Å². The third-order valence-corrected chi connectivity index (χ3v) is 12.0. The van der Waals surface area contributed by atoms with Gasteiger partial charge in [0.25, 0.3) is 0 Å². The van der Waals surface area contributed by atoms with E-state index in [2.05, 4.69) is 77.0 Å². The van der Waals surface area contributed by atoms with E-state index in [-0.39, 0.29) is 0 Å². The molecule has 2 aromatic carbocycles. The summed E-state index contributed by atoms with van der Waals surface area (Å²) in [6.45, 7) is 9.45. The van der Waals surface area contributed by atoms with Crippen LogP contribution in [0.2, 0.25) is 11.1 Å². The van der Waals surface area contributed by atoms with Crippen LogP contribution in [-0.4, -0.2) is 28.5 Å². The van der Waals surface area contributed by atoms with Gasteiger partial charge < -0.3 is 4.90 Å². The molecule has 0 saturated heterocycles. The van der Waals surface area contributed by atoms with Crippen LogP contribution in [0.4, 0.5) is 5.69 Å². The first-order valence-electron chi connectivity index (χ1n) is 8.76. The molecule has 0 saturated carbocycles. The standard InChI is InChI=1S/C21H27NOSi/c1-14(2)24(15(3)4)20-11-16(13-23)7-9-18(20)19-10-8-17(22(5)6)12-21(19)24/h7-15H,1-6H3.